The number of aryl methyl sites for hydroxylation is 1. The van der Waals surface area contributed by atoms with Gasteiger partial charge in [-0.15, -0.1) is 0 Å². The third-order valence-electron chi connectivity index (χ3n) is 3.08. The molecule has 20 heavy (non-hydrogen) atoms. The van der Waals surface area contributed by atoms with Crippen LogP contribution in [0.1, 0.15) is 5.56 Å². The van der Waals surface area contributed by atoms with E-state index in [1.807, 2.05) is 6.92 Å². The number of nitrogens with one attached hydrogen (secondary N) is 1. The summed E-state index contributed by atoms with van der Waals surface area (Å²) in [5.41, 5.74) is 7.65. The Morgan fingerprint density at radius 3 is 2.70 bits per heavy atom. The molecule has 0 aliphatic heterocycles. The Morgan fingerprint density at radius 2 is 2.05 bits per heavy atom. The molecule has 102 valence electrons. The molecule has 0 unspecified atom stereocenters. The molecule has 0 radical (unpaired) electrons. The number of hydrogen-bond acceptors (Lipinski definition) is 3. The van der Waals surface area contributed by atoms with Crippen molar-refractivity contribution in [2.75, 3.05) is 5.73 Å². The molecule has 3 N–H and O–H groups in total. The zero-order valence-corrected chi connectivity index (χ0v) is 10.6. The van der Waals surface area contributed by atoms with E-state index in [0.717, 1.165) is 11.6 Å². The highest BCUT2D eigenvalue weighted by Gasteiger charge is 2.21. The summed E-state index contributed by atoms with van der Waals surface area (Å²) in [7, 11) is 0. The monoisotopic (exact) mass is 275 g/mol. The van der Waals surface area contributed by atoms with Crippen LogP contribution in [0.3, 0.4) is 0 Å². The summed E-state index contributed by atoms with van der Waals surface area (Å²) in [6.45, 7) is 1.85. The molecular formula is C14H11F2N3O. The van der Waals surface area contributed by atoms with Crippen molar-refractivity contribution in [1.82, 2.24) is 10.2 Å². The fraction of sp³-hybridized carbons (Fsp3) is 0.0714. The molecule has 3 aromatic rings. The van der Waals surface area contributed by atoms with Crippen molar-refractivity contribution in [2.45, 2.75) is 6.92 Å². The van der Waals surface area contributed by atoms with Gasteiger partial charge in [-0.05, 0) is 30.7 Å². The van der Waals surface area contributed by atoms with E-state index >= 15 is 0 Å². The molecule has 0 amide bonds. The zero-order valence-electron chi connectivity index (χ0n) is 10.6. The van der Waals surface area contributed by atoms with Crippen molar-refractivity contribution in [3.63, 3.8) is 0 Å². The molecule has 6 heteroatoms. The van der Waals surface area contributed by atoms with Gasteiger partial charge in [0, 0.05) is 11.6 Å². The van der Waals surface area contributed by atoms with Gasteiger partial charge in [0.1, 0.15) is 17.3 Å². The van der Waals surface area contributed by atoms with E-state index in [2.05, 4.69) is 10.2 Å². The van der Waals surface area contributed by atoms with Crippen LogP contribution in [0.4, 0.5) is 14.6 Å². The number of halogens is 2. The number of aromatic amines is 1. The van der Waals surface area contributed by atoms with Crippen LogP contribution in [0.15, 0.2) is 34.9 Å². The largest absolute Gasteiger partial charge is 0.462 e. The van der Waals surface area contributed by atoms with Crippen LogP contribution in [0.25, 0.3) is 22.6 Å². The van der Waals surface area contributed by atoms with Gasteiger partial charge in [-0.2, -0.15) is 5.10 Å². The normalized spacial score (nSPS) is 10.9. The lowest BCUT2D eigenvalue weighted by atomic mass is 10.0. The quantitative estimate of drug-likeness (QED) is 0.752. The van der Waals surface area contributed by atoms with E-state index in [9.17, 15) is 8.78 Å². The fourth-order valence-electron chi connectivity index (χ4n) is 2.11. The Hall–Kier alpha value is -2.63. The van der Waals surface area contributed by atoms with Crippen LogP contribution < -0.4 is 5.73 Å². The average Bonchev–Trinajstić information content (AvgIpc) is 2.96. The summed E-state index contributed by atoms with van der Waals surface area (Å²) in [4.78, 5) is 0. The lowest BCUT2D eigenvalue weighted by molar-refractivity contribution is 0.578. The Balaban J connectivity index is 2.24. The number of nitrogens with two attached hydrogens (primary N) is 1. The highest BCUT2D eigenvalue weighted by molar-refractivity contribution is 5.87. The highest BCUT2D eigenvalue weighted by Crippen LogP contribution is 2.37. The van der Waals surface area contributed by atoms with Crippen molar-refractivity contribution in [3.05, 3.63) is 47.7 Å². The van der Waals surface area contributed by atoms with Gasteiger partial charge in [0.15, 0.2) is 11.6 Å². The van der Waals surface area contributed by atoms with Crippen LogP contribution in [0.2, 0.25) is 0 Å². The van der Waals surface area contributed by atoms with Crippen LogP contribution in [-0.4, -0.2) is 10.2 Å². The standard InChI is InChI=1S/C14H11F2N3O/c1-7-4-5-20-13(7)12-11(14(17)19-18-12)9-3-2-8(15)6-10(9)16/h2-6H,1H3,(H3,17,18,19). The van der Waals surface area contributed by atoms with E-state index in [4.69, 9.17) is 10.2 Å². The Morgan fingerprint density at radius 1 is 1.25 bits per heavy atom. The van der Waals surface area contributed by atoms with E-state index in [1.165, 1.54) is 18.4 Å². The number of rotatable bonds is 2. The number of benzene rings is 1. The van der Waals surface area contributed by atoms with Crippen LogP contribution in [0, 0.1) is 18.6 Å². The van der Waals surface area contributed by atoms with Gasteiger partial charge >= 0.3 is 0 Å². The van der Waals surface area contributed by atoms with E-state index in [0.29, 0.717) is 17.0 Å². The summed E-state index contributed by atoms with van der Waals surface area (Å²) in [5.74, 6) is -0.707. The van der Waals surface area contributed by atoms with Gasteiger partial charge in [-0.1, -0.05) is 0 Å². The average molecular weight is 275 g/mol. The third kappa shape index (κ3) is 1.85. The summed E-state index contributed by atoms with van der Waals surface area (Å²) >= 11 is 0. The molecule has 0 aliphatic carbocycles. The van der Waals surface area contributed by atoms with Gasteiger partial charge < -0.3 is 10.2 Å². The van der Waals surface area contributed by atoms with Gasteiger partial charge in [0.05, 0.1) is 11.8 Å². The van der Waals surface area contributed by atoms with Crippen molar-refractivity contribution < 1.29 is 13.2 Å². The highest BCUT2D eigenvalue weighted by atomic mass is 19.1. The maximum absolute atomic E-state index is 13.9. The van der Waals surface area contributed by atoms with Crippen LogP contribution >= 0.6 is 0 Å². The molecule has 3 rings (SSSR count). The molecule has 2 heterocycles. The fourth-order valence-corrected chi connectivity index (χ4v) is 2.11. The first-order valence-corrected chi connectivity index (χ1v) is 5.91. The molecule has 0 saturated heterocycles. The number of nitrogens with zero attached hydrogens (tertiary/aromatic N) is 1. The number of aromatic nitrogens is 2. The van der Waals surface area contributed by atoms with Gasteiger partial charge in [-0.3, -0.25) is 5.10 Å². The van der Waals surface area contributed by atoms with E-state index in [-0.39, 0.29) is 11.4 Å². The molecule has 2 aromatic heterocycles. The van der Waals surface area contributed by atoms with Crippen molar-refractivity contribution in [3.8, 4) is 22.6 Å². The Bertz CT molecular complexity index is 777. The van der Waals surface area contributed by atoms with Gasteiger partial charge in [0.2, 0.25) is 0 Å². The third-order valence-corrected chi connectivity index (χ3v) is 3.08. The smallest absolute Gasteiger partial charge is 0.155 e. The minimum Gasteiger partial charge on any atom is -0.462 e. The number of H-pyrrole nitrogens is 1. The van der Waals surface area contributed by atoms with E-state index < -0.39 is 11.6 Å². The minimum absolute atomic E-state index is 0.126. The summed E-state index contributed by atoms with van der Waals surface area (Å²) in [6, 6.07) is 5.08. The number of furan rings is 1. The van der Waals surface area contributed by atoms with Crippen molar-refractivity contribution in [1.29, 1.82) is 0 Å². The van der Waals surface area contributed by atoms with Gasteiger partial charge in [0.25, 0.3) is 0 Å². The topological polar surface area (TPSA) is 67.8 Å². The van der Waals surface area contributed by atoms with Gasteiger partial charge in [-0.25, -0.2) is 8.78 Å². The summed E-state index contributed by atoms with van der Waals surface area (Å²) < 4.78 is 32.3. The lowest BCUT2D eigenvalue weighted by Gasteiger charge is -2.05. The minimum atomic E-state index is -0.705. The maximum atomic E-state index is 13.9. The van der Waals surface area contributed by atoms with Crippen LogP contribution in [0.5, 0.6) is 0 Å². The van der Waals surface area contributed by atoms with Crippen molar-refractivity contribution in [2.24, 2.45) is 0 Å². The predicted molar refractivity (Wildman–Crippen MR) is 70.8 cm³/mol. The molecule has 1 aromatic carbocycles. The second kappa shape index (κ2) is 4.48. The molecule has 0 aliphatic rings. The summed E-state index contributed by atoms with van der Waals surface area (Å²) in [6.07, 6.45) is 1.52. The zero-order chi connectivity index (χ0) is 14.3. The molecular weight excluding hydrogens is 264 g/mol. The molecule has 0 bridgehead atoms. The summed E-state index contributed by atoms with van der Waals surface area (Å²) in [5, 5.41) is 6.61. The SMILES string of the molecule is Cc1ccoc1-c1[nH]nc(N)c1-c1ccc(F)cc1F. The Labute approximate surface area is 113 Å². The second-order valence-electron chi connectivity index (χ2n) is 4.42. The predicted octanol–water partition coefficient (Wildman–Crippen LogP) is 3.51. The first-order valence-electron chi connectivity index (χ1n) is 5.91. The Kier molecular flexibility index (Phi) is 2.78. The second-order valence-corrected chi connectivity index (χ2v) is 4.42. The first kappa shape index (κ1) is 12.4. The van der Waals surface area contributed by atoms with Crippen LogP contribution in [-0.2, 0) is 0 Å². The molecule has 0 fully saturated rings. The molecule has 0 saturated carbocycles. The van der Waals surface area contributed by atoms with Crippen molar-refractivity contribution >= 4 is 5.82 Å². The first-order chi connectivity index (χ1) is 9.58. The number of anilines is 1. The number of hydrogen-bond donors (Lipinski definition) is 2. The number of nitrogen functional groups attached to an aromatic ring is 1. The molecule has 4 nitrogen and oxygen atoms in total. The molecule has 0 atom stereocenters. The lowest BCUT2D eigenvalue weighted by Crippen LogP contribution is -1.92. The molecule has 0 spiro atoms. The van der Waals surface area contributed by atoms with E-state index in [1.54, 1.807) is 6.07 Å². The maximum Gasteiger partial charge on any atom is 0.155 e.